The molecule has 1 aromatic rings. The van der Waals surface area contributed by atoms with Gasteiger partial charge in [0.25, 0.3) is 0 Å². The predicted molar refractivity (Wildman–Crippen MR) is 57.1 cm³/mol. The molecule has 16 heavy (non-hydrogen) atoms. The molecule has 1 atom stereocenters. The predicted octanol–water partition coefficient (Wildman–Crippen LogP) is 2.80. The first kappa shape index (κ1) is 10.8. The van der Waals surface area contributed by atoms with Crippen molar-refractivity contribution in [3.63, 3.8) is 0 Å². The van der Waals surface area contributed by atoms with E-state index < -0.39 is 5.92 Å². The second-order valence-electron chi connectivity index (χ2n) is 4.14. The van der Waals surface area contributed by atoms with Crippen molar-refractivity contribution in [2.24, 2.45) is 5.92 Å². The van der Waals surface area contributed by atoms with Crippen LogP contribution in [0.25, 0.3) is 0 Å². The summed E-state index contributed by atoms with van der Waals surface area (Å²) in [4.78, 5) is 11.9. The highest BCUT2D eigenvalue weighted by Gasteiger charge is 2.31. The third-order valence-corrected chi connectivity index (χ3v) is 3.12. The molecular weight excluding hydrogens is 205 g/mol. The molecule has 0 radical (unpaired) electrons. The maximum Gasteiger partial charge on any atom is 0.157 e. The summed E-state index contributed by atoms with van der Waals surface area (Å²) >= 11 is 0. The molecule has 0 bridgehead atoms. The molecule has 1 aliphatic carbocycles. The minimum atomic E-state index is -0.731. The van der Waals surface area contributed by atoms with E-state index in [0.29, 0.717) is 5.56 Å². The highest BCUT2D eigenvalue weighted by atomic mass is 19.1. The summed E-state index contributed by atoms with van der Waals surface area (Å²) in [6.07, 6.45) is 2.84. The fraction of sp³-hybridized carbons (Fsp3) is 0.385. The summed E-state index contributed by atoms with van der Waals surface area (Å²) in [5.74, 6) is -1.06. The average molecular weight is 217 g/mol. The first-order valence-corrected chi connectivity index (χ1v) is 5.41. The summed E-state index contributed by atoms with van der Waals surface area (Å²) in [6.45, 7) is 0. The summed E-state index contributed by atoms with van der Waals surface area (Å²) in [5.41, 5.74) is 0.598. The second kappa shape index (κ2) is 4.44. The highest BCUT2D eigenvalue weighted by Crippen LogP contribution is 2.32. The molecule has 1 aliphatic rings. The van der Waals surface area contributed by atoms with Crippen LogP contribution in [0, 0.1) is 23.1 Å². The Morgan fingerprint density at radius 2 is 2.00 bits per heavy atom. The van der Waals surface area contributed by atoms with Gasteiger partial charge in [-0.05, 0) is 30.5 Å². The van der Waals surface area contributed by atoms with Crippen molar-refractivity contribution >= 4 is 5.78 Å². The molecule has 1 unspecified atom stereocenters. The van der Waals surface area contributed by atoms with E-state index >= 15 is 0 Å². The fourth-order valence-electron chi connectivity index (χ4n) is 1.89. The summed E-state index contributed by atoms with van der Waals surface area (Å²) in [7, 11) is 0. The van der Waals surface area contributed by atoms with Gasteiger partial charge < -0.3 is 0 Å². The van der Waals surface area contributed by atoms with E-state index in [1.165, 1.54) is 24.3 Å². The third-order valence-electron chi connectivity index (χ3n) is 3.12. The number of Topliss-reactive ketones (excluding diaryl/α,β-unsaturated/α-hetero) is 1. The number of carbonyl (C=O) groups excluding carboxylic acids is 1. The molecule has 0 heterocycles. The summed E-state index contributed by atoms with van der Waals surface area (Å²) in [6, 6.07) is 7.61. The molecule has 1 aromatic carbocycles. The molecule has 0 aromatic heterocycles. The van der Waals surface area contributed by atoms with Crippen molar-refractivity contribution in [3.8, 4) is 6.07 Å². The zero-order valence-corrected chi connectivity index (χ0v) is 8.82. The van der Waals surface area contributed by atoms with Gasteiger partial charge in [0, 0.05) is 5.92 Å². The monoisotopic (exact) mass is 217 g/mol. The number of rotatable bonds is 3. The standard InChI is InChI=1S/C13H12FNO/c14-11-6-4-9(5-7-11)12(8-15)13(16)10-2-1-3-10/h4-7,10,12H,1-3H2. The summed E-state index contributed by atoms with van der Waals surface area (Å²) in [5, 5.41) is 9.02. The van der Waals surface area contributed by atoms with Crippen LogP contribution in [-0.4, -0.2) is 5.78 Å². The van der Waals surface area contributed by atoms with E-state index in [9.17, 15) is 9.18 Å². The molecular formula is C13H12FNO. The van der Waals surface area contributed by atoms with Crippen LogP contribution < -0.4 is 0 Å². The van der Waals surface area contributed by atoms with E-state index in [0.717, 1.165) is 19.3 Å². The van der Waals surface area contributed by atoms with Crippen LogP contribution in [-0.2, 0) is 4.79 Å². The van der Waals surface area contributed by atoms with Gasteiger partial charge in [0.2, 0.25) is 0 Å². The minimum Gasteiger partial charge on any atom is -0.298 e. The van der Waals surface area contributed by atoms with Crippen molar-refractivity contribution in [2.45, 2.75) is 25.2 Å². The van der Waals surface area contributed by atoms with Gasteiger partial charge >= 0.3 is 0 Å². The molecule has 1 saturated carbocycles. The van der Waals surface area contributed by atoms with Crippen LogP contribution in [0.1, 0.15) is 30.7 Å². The van der Waals surface area contributed by atoms with Crippen molar-refractivity contribution in [1.29, 1.82) is 5.26 Å². The van der Waals surface area contributed by atoms with Gasteiger partial charge in [-0.2, -0.15) is 5.26 Å². The van der Waals surface area contributed by atoms with Crippen LogP contribution >= 0.6 is 0 Å². The Morgan fingerprint density at radius 1 is 1.38 bits per heavy atom. The summed E-state index contributed by atoms with van der Waals surface area (Å²) < 4.78 is 12.7. The van der Waals surface area contributed by atoms with Crippen LogP contribution in [0.3, 0.4) is 0 Å². The lowest BCUT2D eigenvalue weighted by atomic mass is 9.76. The number of benzene rings is 1. The van der Waals surface area contributed by atoms with Gasteiger partial charge in [-0.25, -0.2) is 4.39 Å². The number of nitriles is 1. The smallest absolute Gasteiger partial charge is 0.157 e. The van der Waals surface area contributed by atoms with Gasteiger partial charge in [0.15, 0.2) is 5.78 Å². The molecule has 3 heteroatoms. The van der Waals surface area contributed by atoms with Crippen molar-refractivity contribution in [3.05, 3.63) is 35.6 Å². The van der Waals surface area contributed by atoms with E-state index in [-0.39, 0.29) is 17.5 Å². The quantitative estimate of drug-likeness (QED) is 0.781. The zero-order chi connectivity index (χ0) is 11.5. The van der Waals surface area contributed by atoms with Crippen molar-refractivity contribution in [1.82, 2.24) is 0 Å². The first-order chi connectivity index (χ1) is 7.72. The van der Waals surface area contributed by atoms with Gasteiger partial charge in [-0.15, -0.1) is 0 Å². The number of halogens is 1. The lowest BCUT2D eigenvalue weighted by molar-refractivity contribution is -0.125. The molecule has 0 saturated heterocycles. The molecule has 1 fully saturated rings. The molecule has 2 rings (SSSR count). The number of hydrogen-bond donors (Lipinski definition) is 0. The Balaban J connectivity index is 2.19. The highest BCUT2D eigenvalue weighted by molar-refractivity contribution is 5.90. The van der Waals surface area contributed by atoms with Gasteiger partial charge in [0.1, 0.15) is 11.7 Å². The van der Waals surface area contributed by atoms with Crippen LogP contribution in [0.5, 0.6) is 0 Å². The Hall–Kier alpha value is -1.69. The minimum absolute atomic E-state index is 0.0136. The van der Waals surface area contributed by atoms with E-state index in [1.54, 1.807) is 0 Å². The van der Waals surface area contributed by atoms with Crippen LogP contribution in [0.4, 0.5) is 4.39 Å². The average Bonchev–Trinajstić information content (AvgIpc) is 2.19. The van der Waals surface area contributed by atoms with Crippen molar-refractivity contribution in [2.75, 3.05) is 0 Å². The maximum absolute atomic E-state index is 12.7. The van der Waals surface area contributed by atoms with E-state index in [1.807, 2.05) is 6.07 Å². The number of nitrogens with zero attached hydrogens (tertiary/aromatic N) is 1. The fourth-order valence-corrected chi connectivity index (χ4v) is 1.89. The van der Waals surface area contributed by atoms with Crippen molar-refractivity contribution < 1.29 is 9.18 Å². The first-order valence-electron chi connectivity index (χ1n) is 5.41. The zero-order valence-electron chi connectivity index (χ0n) is 8.82. The Kier molecular flexibility index (Phi) is 3.00. The van der Waals surface area contributed by atoms with Crippen LogP contribution in [0.15, 0.2) is 24.3 Å². The number of carbonyl (C=O) groups is 1. The Labute approximate surface area is 93.7 Å². The molecule has 82 valence electrons. The third kappa shape index (κ3) is 1.96. The lowest BCUT2D eigenvalue weighted by Gasteiger charge is -2.25. The van der Waals surface area contributed by atoms with Crippen LogP contribution in [0.2, 0.25) is 0 Å². The molecule has 0 spiro atoms. The Morgan fingerprint density at radius 3 is 2.44 bits per heavy atom. The SMILES string of the molecule is N#CC(C(=O)C1CCC1)c1ccc(F)cc1. The molecule has 0 amide bonds. The van der Waals surface area contributed by atoms with Gasteiger partial charge in [-0.1, -0.05) is 18.6 Å². The maximum atomic E-state index is 12.7. The van der Waals surface area contributed by atoms with E-state index in [2.05, 4.69) is 0 Å². The second-order valence-corrected chi connectivity index (χ2v) is 4.14. The number of hydrogen-bond acceptors (Lipinski definition) is 2. The van der Waals surface area contributed by atoms with Gasteiger partial charge in [-0.3, -0.25) is 4.79 Å². The molecule has 0 aliphatic heterocycles. The number of ketones is 1. The largest absolute Gasteiger partial charge is 0.298 e. The van der Waals surface area contributed by atoms with Gasteiger partial charge in [0.05, 0.1) is 6.07 Å². The lowest BCUT2D eigenvalue weighted by Crippen LogP contribution is -2.26. The Bertz CT molecular complexity index is 428. The molecule has 0 N–H and O–H groups in total. The normalized spacial score (nSPS) is 17.2. The van der Waals surface area contributed by atoms with E-state index in [4.69, 9.17) is 5.26 Å². The topological polar surface area (TPSA) is 40.9 Å². The molecule has 2 nitrogen and oxygen atoms in total.